The zero-order chi connectivity index (χ0) is 10.9. The van der Waals surface area contributed by atoms with Gasteiger partial charge in [0.25, 0.3) is 0 Å². The maximum Gasteiger partial charge on any atom is 0.0932 e. The van der Waals surface area contributed by atoms with E-state index in [4.69, 9.17) is 4.74 Å². The van der Waals surface area contributed by atoms with Gasteiger partial charge < -0.3 is 9.84 Å². The van der Waals surface area contributed by atoms with Gasteiger partial charge in [0.15, 0.2) is 0 Å². The van der Waals surface area contributed by atoms with Crippen LogP contribution in [0.15, 0.2) is 0 Å². The Kier molecular flexibility index (Phi) is 7.49. The average molecular weight is 232 g/mol. The molecule has 1 N–H and O–H groups in total. The lowest BCUT2D eigenvalue weighted by Crippen LogP contribution is -2.27. The highest BCUT2D eigenvalue weighted by Crippen LogP contribution is 2.21. The number of aliphatic hydroxyl groups excluding tert-OH is 1. The van der Waals surface area contributed by atoms with Crippen molar-refractivity contribution in [3.05, 3.63) is 0 Å². The predicted molar refractivity (Wildman–Crippen MR) is 66.4 cm³/mol. The minimum atomic E-state index is -0.227. The predicted octanol–water partition coefficient (Wildman–Crippen LogP) is 2.84. The van der Waals surface area contributed by atoms with Crippen molar-refractivity contribution < 1.29 is 9.84 Å². The first-order chi connectivity index (χ1) is 7.34. The van der Waals surface area contributed by atoms with Gasteiger partial charge in [-0.25, -0.2) is 0 Å². The molecule has 0 aromatic carbocycles. The molecule has 0 saturated carbocycles. The normalized spacial score (nSPS) is 26.0. The molecule has 1 aliphatic heterocycles. The molecular weight excluding hydrogens is 208 g/mol. The molecule has 1 heterocycles. The largest absolute Gasteiger partial charge is 0.390 e. The Morgan fingerprint density at radius 3 is 2.53 bits per heavy atom. The highest BCUT2D eigenvalue weighted by atomic mass is 32.2. The topological polar surface area (TPSA) is 29.5 Å². The smallest absolute Gasteiger partial charge is 0.0932 e. The van der Waals surface area contributed by atoms with Gasteiger partial charge in [-0.1, -0.05) is 39.0 Å². The second-order valence-corrected chi connectivity index (χ2v) is 5.36. The Labute approximate surface area is 97.8 Å². The summed E-state index contributed by atoms with van der Waals surface area (Å²) >= 11 is 1.79. The van der Waals surface area contributed by atoms with Crippen LogP contribution in [0.5, 0.6) is 0 Å². The molecular formula is C12H24O2S. The van der Waals surface area contributed by atoms with Crippen LogP contribution < -0.4 is 0 Å². The van der Waals surface area contributed by atoms with E-state index in [9.17, 15) is 5.11 Å². The number of aliphatic hydroxyl groups is 1. The van der Waals surface area contributed by atoms with Gasteiger partial charge in [0, 0.05) is 18.1 Å². The summed E-state index contributed by atoms with van der Waals surface area (Å²) in [6.45, 7) is 3.07. The summed E-state index contributed by atoms with van der Waals surface area (Å²) in [6.07, 6.45) is 7.66. The van der Waals surface area contributed by atoms with Crippen molar-refractivity contribution in [2.75, 3.05) is 18.1 Å². The molecule has 1 saturated heterocycles. The van der Waals surface area contributed by atoms with E-state index in [1.165, 1.54) is 32.1 Å². The average Bonchev–Trinajstić information content (AvgIpc) is 2.63. The molecule has 0 spiro atoms. The van der Waals surface area contributed by atoms with E-state index in [0.717, 1.165) is 24.5 Å². The monoisotopic (exact) mass is 232 g/mol. The fourth-order valence-corrected chi connectivity index (χ4v) is 2.94. The lowest BCUT2D eigenvalue weighted by Gasteiger charge is -2.14. The van der Waals surface area contributed by atoms with Crippen LogP contribution in [0.3, 0.4) is 0 Å². The van der Waals surface area contributed by atoms with E-state index < -0.39 is 0 Å². The number of rotatable bonds is 8. The first-order valence-electron chi connectivity index (χ1n) is 6.22. The molecule has 2 nitrogen and oxygen atoms in total. The minimum absolute atomic E-state index is 0.102. The Morgan fingerprint density at radius 1 is 1.13 bits per heavy atom. The van der Waals surface area contributed by atoms with Crippen molar-refractivity contribution >= 4 is 11.8 Å². The van der Waals surface area contributed by atoms with Gasteiger partial charge >= 0.3 is 0 Å². The Morgan fingerprint density at radius 2 is 1.87 bits per heavy atom. The van der Waals surface area contributed by atoms with Crippen molar-refractivity contribution in [1.82, 2.24) is 0 Å². The SMILES string of the molecule is CCCCCCCCOC1CSCC1O. The summed E-state index contributed by atoms with van der Waals surface area (Å²) in [5.41, 5.74) is 0. The van der Waals surface area contributed by atoms with Crippen LogP contribution in [0.4, 0.5) is 0 Å². The molecule has 90 valence electrons. The number of ether oxygens (including phenoxy) is 1. The van der Waals surface area contributed by atoms with Crippen molar-refractivity contribution in [2.45, 2.75) is 57.7 Å². The molecule has 15 heavy (non-hydrogen) atoms. The van der Waals surface area contributed by atoms with Crippen molar-refractivity contribution in [2.24, 2.45) is 0 Å². The zero-order valence-corrected chi connectivity index (χ0v) is 10.6. The van der Waals surface area contributed by atoms with Crippen LogP contribution >= 0.6 is 11.8 Å². The van der Waals surface area contributed by atoms with Crippen molar-refractivity contribution in [3.8, 4) is 0 Å². The minimum Gasteiger partial charge on any atom is -0.390 e. The Bertz CT molecular complexity index is 153. The van der Waals surface area contributed by atoms with Crippen LogP contribution in [0.1, 0.15) is 45.4 Å². The lowest BCUT2D eigenvalue weighted by atomic mass is 10.1. The molecule has 2 atom stereocenters. The molecule has 1 aliphatic rings. The molecule has 3 heteroatoms. The molecule has 0 amide bonds. The summed E-state index contributed by atoms with van der Waals surface area (Å²) in [5, 5.41) is 9.52. The number of hydrogen-bond donors (Lipinski definition) is 1. The molecule has 0 radical (unpaired) electrons. The third-order valence-electron chi connectivity index (χ3n) is 2.83. The van der Waals surface area contributed by atoms with Crippen molar-refractivity contribution in [1.29, 1.82) is 0 Å². The van der Waals surface area contributed by atoms with E-state index in [1.807, 2.05) is 0 Å². The summed E-state index contributed by atoms with van der Waals surface area (Å²) in [7, 11) is 0. The maximum absolute atomic E-state index is 9.52. The lowest BCUT2D eigenvalue weighted by molar-refractivity contribution is -0.00894. The maximum atomic E-state index is 9.52. The van der Waals surface area contributed by atoms with E-state index >= 15 is 0 Å². The summed E-state index contributed by atoms with van der Waals surface area (Å²) < 4.78 is 5.65. The second kappa shape index (κ2) is 8.43. The molecule has 0 aromatic rings. The van der Waals surface area contributed by atoms with E-state index in [0.29, 0.717) is 0 Å². The van der Waals surface area contributed by atoms with Gasteiger partial charge in [-0.05, 0) is 6.42 Å². The standard InChI is InChI=1S/C12H24O2S/c1-2-3-4-5-6-7-8-14-12-10-15-9-11(12)13/h11-13H,2-10H2,1H3. The van der Waals surface area contributed by atoms with Crippen LogP contribution in [0.25, 0.3) is 0 Å². The third kappa shape index (κ3) is 5.79. The fourth-order valence-electron chi connectivity index (χ4n) is 1.80. The van der Waals surface area contributed by atoms with E-state index in [1.54, 1.807) is 11.8 Å². The molecule has 0 bridgehead atoms. The molecule has 1 fully saturated rings. The van der Waals surface area contributed by atoms with E-state index in [2.05, 4.69) is 6.92 Å². The summed E-state index contributed by atoms with van der Waals surface area (Å²) in [4.78, 5) is 0. The Balaban J connectivity index is 1.84. The molecule has 0 aliphatic carbocycles. The first-order valence-corrected chi connectivity index (χ1v) is 7.37. The highest BCUT2D eigenvalue weighted by molar-refractivity contribution is 7.99. The highest BCUT2D eigenvalue weighted by Gasteiger charge is 2.25. The van der Waals surface area contributed by atoms with Gasteiger partial charge in [-0.15, -0.1) is 0 Å². The van der Waals surface area contributed by atoms with Gasteiger partial charge in [0.2, 0.25) is 0 Å². The fraction of sp³-hybridized carbons (Fsp3) is 1.00. The molecule has 2 unspecified atom stereocenters. The van der Waals surface area contributed by atoms with Gasteiger partial charge in [-0.3, -0.25) is 0 Å². The number of unbranched alkanes of at least 4 members (excludes halogenated alkanes) is 5. The first kappa shape index (κ1) is 13.3. The van der Waals surface area contributed by atoms with Crippen LogP contribution in [-0.4, -0.2) is 35.4 Å². The van der Waals surface area contributed by atoms with Crippen molar-refractivity contribution in [3.63, 3.8) is 0 Å². The second-order valence-electron chi connectivity index (χ2n) is 4.28. The van der Waals surface area contributed by atoms with E-state index in [-0.39, 0.29) is 12.2 Å². The van der Waals surface area contributed by atoms with Gasteiger partial charge in [-0.2, -0.15) is 11.8 Å². The molecule has 0 aromatic heterocycles. The quantitative estimate of drug-likeness (QED) is 0.653. The van der Waals surface area contributed by atoms with Gasteiger partial charge in [0.05, 0.1) is 12.2 Å². The Hall–Kier alpha value is 0.270. The third-order valence-corrected chi connectivity index (χ3v) is 3.97. The van der Waals surface area contributed by atoms with Gasteiger partial charge in [0.1, 0.15) is 0 Å². The number of hydrogen-bond acceptors (Lipinski definition) is 3. The van der Waals surface area contributed by atoms with Crippen LogP contribution in [0, 0.1) is 0 Å². The number of thioether (sulfide) groups is 1. The zero-order valence-electron chi connectivity index (χ0n) is 9.78. The summed E-state index contributed by atoms with van der Waals surface area (Å²) in [5.74, 6) is 1.82. The molecule has 1 rings (SSSR count). The summed E-state index contributed by atoms with van der Waals surface area (Å²) in [6, 6.07) is 0. The van der Waals surface area contributed by atoms with Crippen LogP contribution in [-0.2, 0) is 4.74 Å². The van der Waals surface area contributed by atoms with Crippen LogP contribution in [0.2, 0.25) is 0 Å².